The van der Waals surface area contributed by atoms with Gasteiger partial charge >= 0.3 is 0 Å². The molecule has 263 valence electrons. The van der Waals surface area contributed by atoms with Gasteiger partial charge in [-0.3, -0.25) is 9.97 Å². The Morgan fingerprint density at radius 1 is 0.692 bits per heavy atom. The largest absolute Gasteiger partial charge is 0.501 e. The third-order valence-electron chi connectivity index (χ3n) is 10.7. The van der Waals surface area contributed by atoms with Gasteiger partial charge in [-0.2, -0.15) is 0 Å². The molecule has 0 saturated carbocycles. The zero-order valence-corrected chi connectivity index (χ0v) is 35.3. The smallest absolute Gasteiger partial charge is 0.121 e. The van der Waals surface area contributed by atoms with Gasteiger partial charge in [-0.15, -0.1) is 54.1 Å². The maximum absolute atomic E-state index is 6.54. The average Bonchev–Trinajstić information content (AvgIpc) is 3.50. The van der Waals surface area contributed by atoms with Crippen molar-refractivity contribution in [2.75, 3.05) is 0 Å². The van der Waals surface area contributed by atoms with Crippen molar-refractivity contribution >= 4 is 70.1 Å². The number of rotatable bonds is 2. The predicted molar refractivity (Wildman–Crippen MR) is 220 cm³/mol. The summed E-state index contributed by atoms with van der Waals surface area (Å²) in [7, 11) is -3.06. The van der Waals surface area contributed by atoms with Crippen LogP contribution >= 0.6 is 0 Å². The van der Waals surface area contributed by atoms with Crippen molar-refractivity contribution in [1.82, 2.24) is 15.0 Å². The van der Waals surface area contributed by atoms with Crippen LogP contribution in [0.15, 0.2) is 114 Å². The van der Waals surface area contributed by atoms with E-state index in [4.69, 9.17) is 14.4 Å². The van der Waals surface area contributed by atoms with Gasteiger partial charge in [0.1, 0.15) is 13.7 Å². The van der Waals surface area contributed by atoms with Crippen molar-refractivity contribution in [1.29, 1.82) is 0 Å². The molecular weight excluding hydrogens is 847 g/mol. The van der Waals surface area contributed by atoms with Gasteiger partial charge in [0.25, 0.3) is 0 Å². The van der Waals surface area contributed by atoms with Crippen LogP contribution in [-0.4, -0.2) is 31.1 Å². The van der Waals surface area contributed by atoms with E-state index in [0.29, 0.717) is 0 Å². The van der Waals surface area contributed by atoms with Gasteiger partial charge in [0.05, 0.1) is 19.5 Å². The number of nitrogens with zero attached hydrogens (tertiary/aromatic N) is 3. The minimum atomic E-state index is -1.58. The number of hydrogen-bond donors (Lipinski definition) is 0. The molecule has 0 aliphatic carbocycles. The molecule has 0 unspecified atom stereocenters. The number of pyridine rings is 1. The van der Waals surface area contributed by atoms with Crippen LogP contribution in [0.4, 0.5) is 0 Å². The van der Waals surface area contributed by atoms with Crippen LogP contribution in [0.3, 0.4) is 0 Å². The first kappa shape index (κ1) is 36.1. The van der Waals surface area contributed by atoms with Crippen molar-refractivity contribution in [3.63, 3.8) is 0 Å². The van der Waals surface area contributed by atoms with Gasteiger partial charge < -0.3 is 9.40 Å². The number of fused-ring (bicyclic) bond motifs is 7. The first-order valence-electron chi connectivity index (χ1n) is 17.9. The fraction of sp³-hybridized carbons (Fsp3) is 0.222. The zero-order chi connectivity index (χ0) is 35.5. The summed E-state index contributed by atoms with van der Waals surface area (Å²) in [6, 6.07) is 42.9. The predicted octanol–water partition coefficient (Wildman–Crippen LogP) is 10.8. The van der Waals surface area contributed by atoms with Crippen molar-refractivity contribution < 1.29 is 24.5 Å². The molecular formula is C45H43IrN3OSi2-2. The minimum absolute atomic E-state index is 0. The molecule has 3 aromatic heterocycles. The van der Waals surface area contributed by atoms with Gasteiger partial charge in [0.15, 0.2) is 0 Å². The van der Waals surface area contributed by atoms with Gasteiger partial charge in [-0.1, -0.05) is 112 Å². The van der Waals surface area contributed by atoms with Gasteiger partial charge in [0.2, 0.25) is 0 Å². The van der Waals surface area contributed by atoms with Crippen molar-refractivity contribution in [3.8, 4) is 22.6 Å². The molecule has 52 heavy (non-hydrogen) atoms. The summed E-state index contributed by atoms with van der Waals surface area (Å²) >= 11 is 0. The van der Waals surface area contributed by atoms with E-state index in [-0.39, 0.29) is 25.5 Å². The van der Waals surface area contributed by atoms with E-state index < -0.39 is 16.1 Å². The Labute approximate surface area is 322 Å². The first-order chi connectivity index (χ1) is 24.4. The molecule has 0 N–H and O–H groups in total. The summed E-state index contributed by atoms with van der Waals surface area (Å²) in [5.41, 5.74) is 6.09. The fourth-order valence-electron chi connectivity index (χ4n) is 7.40. The van der Waals surface area contributed by atoms with Crippen LogP contribution in [0, 0.1) is 12.1 Å². The normalized spacial score (nSPS) is 14.8. The first-order valence-corrected chi connectivity index (χ1v) is 24.3. The fourth-order valence-corrected chi connectivity index (χ4v) is 17.2. The second-order valence-corrected chi connectivity index (χ2v) is 25.8. The molecule has 4 heterocycles. The van der Waals surface area contributed by atoms with Gasteiger partial charge in [-0.25, -0.2) is 0 Å². The van der Waals surface area contributed by atoms with Crippen LogP contribution in [0.25, 0.3) is 66.1 Å². The summed E-state index contributed by atoms with van der Waals surface area (Å²) in [6.07, 6.45) is 4.00. The third kappa shape index (κ3) is 6.60. The van der Waals surface area contributed by atoms with Crippen molar-refractivity contribution in [3.05, 3.63) is 127 Å². The van der Waals surface area contributed by atoms with E-state index in [1.54, 1.807) is 0 Å². The molecule has 0 saturated heterocycles. The Hall–Kier alpha value is -4.27. The quantitative estimate of drug-likeness (QED) is 0.0986. The molecule has 1 aliphatic heterocycles. The molecule has 0 bridgehead atoms. The Kier molecular flexibility index (Phi) is 9.45. The summed E-state index contributed by atoms with van der Waals surface area (Å²) < 4.78 is 6.54. The molecule has 4 nitrogen and oxygen atoms in total. The molecule has 0 fully saturated rings. The zero-order valence-electron chi connectivity index (χ0n) is 30.9. The molecule has 0 atom stereocenters. The molecule has 8 aromatic rings. The van der Waals surface area contributed by atoms with E-state index >= 15 is 0 Å². The van der Waals surface area contributed by atoms with E-state index in [2.05, 4.69) is 137 Å². The summed E-state index contributed by atoms with van der Waals surface area (Å²) in [6.45, 7) is 16.4. The second-order valence-electron chi connectivity index (χ2n) is 16.2. The summed E-state index contributed by atoms with van der Waals surface area (Å²) in [5, 5.41) is 9.95. The topological polar surface area (TPSA) is 51.8 Å². The van der Waals surface area contributed by atoms with E-state index in [1.807, 2.05) is 36.5 Å². The molecule has 1 radical (unpaired) electrons. The maximum Gasteiger partial charge on any atom is 0.121 e. The summed E-state index contributed by atoms with van der Waals surface area (Å²) in [4.78, 5) is 14.5. The Morgan fingerprint density at radius 2 is 1.46 bits per heavy atom. The molecule has 0 spiro atoms. The molecule has 5 aromatic carbocycles. The maximum atomic E-state index is 6.54. The Morgan fingerprint density at radius 3 is 2.25 bits per heavy atom. The van der Waals surface area contributed by atoms with Crippen molar-refractivity contribution in [2.24, 2.45) is 0 Å². The average molecular weight is 890 g/mol. The van der Waals surface area contributed by atoms with Crippen LogP contribution in [0.1, 0.15) is 26.3 Å². The van der Waals surface area contributed by atoms with Crippen LogP contribution in [0.5, 0.6) is 0 Å². The van der Waals surface area contributed by atoms with E-state index in [9.17, 15) is 0 Å². The Balaban J connectivity index is 0.000000209. The van der Waals surface area contributed by atoms with Crippen LogP contribution < -0.4 is 10.5 Å². The molecule has 9 rings (SSSR count). The molecule has 0 amide bonds. The molecule has 7 heteroatoms. The van der Waals surface area contributed by atoms with Gasteiger partial charge in [-0.05, 0) is 61.6 Å². The SMILES string of the molecule is CC(C)(C)c1ccnc(-c2[c-]cccc2)c1.C[Si]1(C)CC[Si](C)(C)c2nc(-c3[c-]ccc4c3oc3cc5c(ccc6ccccc65)cc34)ncc21.[Ir]. The van der Waals surface area contributed by atoms with Crippen LogP contribution in [0.2, 0.25) is 38.3 Å². The number of benzene rings is 5. The molecule has 1 aliphatic rings. The Bertz CT molecular complexity index is 2590. The number of hydrogen-bond acceptors (Lipinski definition) is 4. The third-order valence-corrected chi connectivity index (χ3v) is 17.9. The number of furan rings is 1. The standard InChI is InChI=1S/C30H27N2OSi2.C15H16N.Ir/c1-34(2)14-15-35(3,4)30-27(34)18-31-29(32-30)23-11-7-10-22-25-16-20-13-12-19-8-5-6-9-21(19)24(20)17-26(25)33-28(22)23;1-15(2,3)13-9-10-16-14(11-13)12-7-5-4-6-8-12;/h5-10,12-13,16-18H,14-15H2,1-4H3;4-7,9-11H,1-3H3;/q2*-1;. The second kappa shape index (κ2) is 13.6. The summed E-state index contributed by atoms with van der Waals surface area (Å²) in [5.74, 6) is 0.746. The number of aromatic nitrogens is 3. The monoisotopic (exact) mass is 890 g/mol. The van der Waals surface area contributed by atoms with E-state index in [0.717, 1.165) is 44.6 Å². The van der Waals surface area contributed by atoms with Gasteiger partial charge in [0, 0.05) is 43.2 Å². The minimum Gasteiger partial charge on any atom is -0.501 e. The van der Waals surface area contributed by atoms with E-state index in [1.165, 1.54) is 49.7 Å². The van der Waals surface area contributed by atoms with Crippen molar-refractivity contribution in [2.45, 2.75) is 64.5 Å². The van der Waals surface area contributed by atoms with Crippen LogP contribution in [-0.2, 0) is 25.5 Å².